The Morgan fingerprint density at radius 3 is 2.27 bits per heavy atom. The summed E-state index contributed by atoms with van der Waals surface area (Å²) >= 11 is 0. The fraction of sp³-hybridized carbons (Fsp3) is 0.474. The highest BCUT2D eigenvalue weighted by Gasteiger charge is 2.19. The molecule has 0 spiro atoms. The largest absolute Gasteiger partial charge is 0.301 e. The molecule has 0 N–H and O–H groups in total. The van der Waals surface area contributed by atoms with Gasteiger partial charge < -0.3 is 4.90 Å². The molecule has 3 heteroatoms. The molecule has 1 unspecified atom stereocenters. The lowest BCUT2D eigenvalue weighted by atomic mass is 9.92. The van der Waals surface area contributed by atoms with E-state index in [1.165, 1.54) is 12.8 Å². The lowest BCUT2D eigenvalue weighted by Crippen LogP contribution is -2.23. The summed E-state index contributed by atoms with van der Waals surface area (Å²) in [5, 5.41) is 0. The van der Waals surface area contributed by atoms with E-state index in [9.17, 15) is 0 Å². The Labute approximate surface area is 134 Å². The first-order chi connectivity index (χ1) is 10.7. The summed E-state index contributed by atoms with van der Waals surface area (Å²) in [7, 11) is 4.29. The van der Waals surface area contributed by atoms with Crippen molar-refractivity contribution in [3.8, 4) is 11.3 Å². The first-order valence-corrected chi connectivity index (χ1v) is 8.19. The van der Waals surface area contributed by atoms with E-state index in [1.54, 1.807) is 0 Å². The Morgan fingerprint density at radius 1 is 1.00 bits per heavy atom. The summed E-state index contributed by atoms with van der Waals surface area (Å²) in [5.74, 6) is 0.749. The zero-order valence-electron chi connectivity index (χ0n) is 14.2. The summed E-state index contributed by atoms with van der Waals surface area (Å²) in [6.45, 7) is 4.56. The Bertz CT molecular complexity index is 562. The highest BCUT2D eigenvalue weighted by atomic mass is 15.1. The lowest BCUT2D eigenvalue weighted by molar-refractivity contribution is 0.236. The van der Waals surface area contributed by atoms with E-state index in [0.29, 0.717) is 6.04 Å². The van der Waals surface area contributed by atoms with Crippen molar-refractivity contribution in [2.24, 2.45) is 5.92 Å². The van der Waals surface area contributed by atoms with Crippen LogP contribution in [0.4, 0.5) is 0 Å². The molecule has 2 aromatic heterocycles. The predicted molar refractivity (Wildman–Crippen MR) is 92.6 cm³/mol. The Hall–Kier alpha value is -1.74. The molecule has 0 saturated heterocycles. The third-order valence-corrected chi connectivity index (χ3v) is 4.42. The number of pyridine rings is 2. The zero-order valence-corrected chi connectivity index (χ0v) is 14.2. The van der Waals surface area contributed by atoms with Crippen LogP contribution in [0.25, 0.3) is 11.3 Å². The first-order valence-electron chi connectivity index (χ1n) is 8.19. The molecule has 0 fully saturated rings. The van der Waals surface area contributed by atoms with Crippen LogP contribution < -0.4 is 0 Å². The molecule has 3 nitrogen and oxygen atoms in total. The van der Waals surface area contributed by atoms with Gasteiger partial charge in [-0.25, -0.2) is 0 Å². The Kier molecular flexibility index (Phi) is 6.08. The Morgan fingerprint density at radius 2 is 1.68 bits per heavy atom. The van der Waals surface area contributed by atoms with Gasteiger partial charge in [-0.1, -0.05) is 32.8 Å². The second kappa shape index (κ2) is 8.04. The third kappa shape index (κ3) is 4.14. The van der Waals surface area contributed by atoms with Crippen molar-refractivity contribution in [1.82, 2.24) is 14.9 Å². The number of hydrogen-bond acceptors (Lipinski definition) is 3. The minimum absolute atomic E-state index is 0.367. The monoisotopic (exact) mass is 297 g/mol. The molecule has 0 amide bonds. The average molecular weight is 297 g/mol. The molecule has 0 aliphatic heterocycles. The smallest absolute Gasteiger partial charge is 0.0707 e. The van der Waals surface area contributed by atoms with Gasteiger partial charge in [-0.15, -0.1) is 0 Å². The van der Waals surface area contributed by atoms with Crippen molar-refractivity contribution in [2.45, 2.75) is 39.2 Å². The van der Waals surface area contributed by atoms with E-state index in [0.717, 1.165) is 29.3 Å². The number of hydrogen-bond donors (Lipinski definition) is 0. The normalized spacial score (nSPS) is 12.8. The molecule has 0 aromatic carbocycles. The molecular weight excluding hydrogens is 270 g/mol. The summed E-state index contributed by atoms with van der Waals surface area (Å²) in [6, 6.07) is 10.7. The molecule has 2 heterocycles. The lowest BCUT2D eigenvalue weighted by Gasteiger charge is -2.27. The van der Waals surface area contributed by atoms with E-state index in [4.69, 9.17) is 4.98 Å². The molecular formula is C19H27N3. The topological polar surface area (TPSA) is 29.0 Å². The van der Waals surface area contributed by atoms with E-state index in [1.807, 2.05) is 24.5 Å². The second-order valence-electron chi connectivity index (χ2n) is 6.08. The summed E-state index contributed by atoms with van der Waals surface area (Å²) < 4.78 is 0. The van der Waals surface area contributed by atoms with E-state index >= 15 is 0 Å². The zero-order chi connectivity index (χ0) is 15.9. The predicted octanol–water partition coefficient (Wildman–Crippen LogP) is 4.57. The molecule has 2 aromatic rings. The molecule has 0 aliphatic rings. The number of aromatic nitrogens is 2. The quantitative estimate of drug-likeness (QED) is 0.749. The van der Waals surface area contributed by atoms with E-state index < -0.39 is 0 Å². The van der Waals surface area contributed by atoms with Gasteiger partial charge in [0.1, 0.15) is 0 Å². The van der Waals surface area contributed by atoms with Crippen LogP contribution in [0.3, 0.4) is 0 Å². The maximum absolute atomic E-state index is 4.92. The standard InChI is InChI=1S/C19H27N3/c1-5-15(6-2)14-19(22(3)4)18-9-7-8-17(21-18)16-10-12-20-13-11-16/h7-13,15,19H,5-6,14H2,1-4H3. The Balaban J connectivity index is 2.29. The molecule has 0 aliphatic carbocycles. The highest BCUT2D eigenvalue weighted by Crippen LogP contribution is 2.29. The molecule has 1 atom stereocenters. The SMILES string of the molecule is CCC(CC)CC(c1cccc(-c2ccncc2)n1)N(C)C. The van der Waals surface area contributed by atoms with Crippen molar-refractivity contribution in [3.63, 3.8) is 0 Å². The molecule has 22 heavy (non-hydrogen) atoms. The third-order valence-electron chi connectivity index (χ3n) is 4.42. The minimum Gasteiger partial charge on any atom is -0.301 e. The summed E-state index contributed by atoms with van der Waals surface area (Å²) in [5.41, 5.74) is 3.30. The van der Waals surface area contributed by atoms with Gasteiger partial charge in [0.2, 0.25) is 0 Å². The summed E-state index contributed by atoms with van der Waals surface area (Å²) in [4.78, 5) is 11.3. The molecule has 118 valence electrons. The number of nitrogens with zero attached hydrogens (tertiary/aromatic N) is 3. The van der Waals surface area contributed by atoms with Crippen molar-refractivity contribution >= 4 is 0 Å². The van der Waals surface area contributed by atoms with Gasteiger partial charge in [0.15, 0.2) is 0 Å². The second-order valence-corrected chi connectivity index (χ2v) is 6.08. The molecule has 0 saturated carbocycles. The average Bonchev–Trinajstić information content (AvgIpc) is 2.56. The van der Waals surface area contributed by atoms with Crippen LogP contribution in [0, 0.1) is 5.92 Å². The number of rotatable bonds is 7. The van der Waals surface area contributed by atoms with Gasteiger partial charge in [0, 0.05) is 18.0 Å². The van der Waals surface area contributed by atoms with Crippen LogP contribution in [-0.4, -0.2) is 29.0 Å². The van der Waals surface area contributed by atoms with Crippen molar-refractivity contribution in [1.29, 1.82) is 0 Å². The van der Waals surface area contributed by atoms with Gasteiger partial charge in [-0.3, -0.25) is 9.97 Å². The molecule has 0 radical (unpaired) electrons. The minimum atomic E-state index is 0.367. The maximum Gasteiger partial charge on any atom is 0.0707 e. The van der Waals surface area contributed by atoms with Crippen LogP contribution >= 0.6 is 0 Å². The van der Waals surface area contributed by atoms with E-state index in [2.05, 4.69) is 56.0 Å². The van der Waals surface area contributed by atoms with Crippen LogP contribution in [0.1, 0.15) is 44.8 Å². The van der Waals surface area contributed by atoms with Crippen LogP contribution in [0.5, 0.6) is 0 Å². The molecule has 2 rings (SSSR count). The van der Waals surface area contributed by atoms with Gasteiger partial charge >= 0.3 is 0 Å². The van der Waals surface area contributed by atoms with Gasteiger partial charge in [0.25, 0.3) is 0 Å². The van der Waals surface area contributed by atoms with E-state index in [-0.39, 0.29) is 0 Å². The fourth-order valence-electron chi connectivity index (χ4n) is 2.85. The van der Waals surface area contributed by atoms with Gasteiger partial charge in [-0.05, 0) is 50.7 Å². The van der Waals surface area contributed by atoms with Crippen molar-refractivity contribution in [2.75, 3.05) is 14.1 Å². The molecule has 0 bridgehead atoms. The first kappa shape index (κ1) is 16.6. The van der Waals surface area contributed by atoms with Crippen molar-refractivity contribution < 1.29 is 0 Å². The van der Waals surface area contributed by atoms with Gasteiger partial charge in [-0.2, -0.15) is 0 Å². The van der Waals surface area contributed by atoms with Crippen LogP contribution in [-0.2, 0) is 0 Å². The van der Waals surface area contributed by atoms with Crippen LogP contribution in [0.2, 0.25) is 0 Å². The van der Waals surface area contributed by atoms with Gasteiger partial charge in [0.05, 0.1) is 17.4 Å². The fourth-order valence-corrected chi connectivity index (χ4v) is 2.85. The van der Waals surface area contributed by atoms with Crippen LogP contribution in [0.15, 0.2) is 42.7 Å². The summed E-state index contributed by atoms with van der Waals surface area (Å²) in [6.07, 6.45) is 7.25. The highest BCUT2D eigenvalue weighted by molar-refractivity contribution is 5.58. The van der Waals surface area contributed by atoms with Crippen molar-refractivity contribution in [3.05, 3.63) is 48.4 Å². The maximum atomic E-state index is 4.92.